The van der Waals surface area contributed by atoms with Crippen molar-refractivity contribution in [2.75, 3.05) is 24.3 Å². The molecule has 0 aliphatic rings. The molecule has 2 aromatic rings. The third-order valence-corrected chi connectivity index (χ3v) is 3.33. The molecule has 0 aliphatic heterocycles. The van der Waals surface area contributed by atoms with Gasteiger partial charge in [0.05, 0.1) is 16.3 Å². The zero-order valence-corrected chi connectivity index (χ0v) is 12.6. The Hall–Kier alpha value is -2.27. The third-order valence-electron chi connectivity index (χ3n) is 3.10. The van der Waals surface area contributed by atoms with Crippen LogP contribution >= 0.6 is 11.6 Å². The summed E-state index contributed by atoms with van der Waals surface area (Å²) in [6, 6.07) is 12.5. The largest absolute Gasteiger partial charge is 0.379 e. The maximum absolute atomic E-state index is 11.1. The van der Waals surface area contributed by atoms with Crippen molar-refractivity contribution in [2.24, 2.45) is 0 Å². The van der Waals surface area contributed by atoms with Crippen LogP contribution < -0.4 is 10.2 Å². The molecule has 0 aromatic heterocycles. The summed E-state index contributed by atoms with van der Waals surface area (Å²) < 4.78 is 0. The molecule has 0 heterocycles. The van der Waals surface area contributed by atoms with Gasteiger partial charge in [0.2, 0.25) is 0 Å². The lowest BCUT2D eigenvalue weighted by atomic mass is 10.1. The Kier molecular flexibility index (Phi) is 4.65. The first-order valence-electron chi connectivity index (χ1n) is 6.42. The first-order valence-corrected chi connectivity index (χ1v) is 6.80. The molecule has 0 saturated carbocycles. The summed E-state index contributed by atoms with van der Waals surface area (Å²) in [5.41, 5.74) is 2.57. The van der Waals surface area contributed by atoms with Crippen molar-refractivity contribution in [1.82, 2.24) is 0 Å². The van der Waals surface area contributed by atoms with E-state index in [2.05, 4.69) is 5.32 Å². The van der Waals surface area contributed by atoms with Gasteiger partial charge in [-0.1, -0.05) is 23.7 Å². The highest BCUT2D eigenvalue weighted by molar-refractivity contribution is 6.30. The number of hydrogen-bond donors (Lipinski definition) is 1. The Morgan fingerprint density at radius 3 is 2.62 bits per heavy atom. The van der Waals surface area contributed by atoms with E-state index in [1.165, 1.54) is 6.07 Å². The lowest BCUT2D eigenvalue weighted by Crippen LogP contribution is -2.12. The van der Waals surface area contributed by atoms with Gasteiger partial charge in [-0.3, -0.25) is 10.1 Å². The number of para-hydroxylation sites is 2. The molecule has 0 spiro atoms. The first-order chi connectivity index (χ1) is 9.99. The second kappa shape index (κ2) is 6.45. The number of rotatable bonds is 5. The van der Waals surface area contributed by atoms with Crippen LogP contribution in [0.2, 0.25) is 5.02 Å². The maximum Gasteiger partial charge on any atom is 0.275 e. The van der Waals surface area contributed by atoms with Gasteiger partial charge in [-0.05, 0) is 24.3 Å². The van der Waals surface area contributed by atoms with Crippen molar-refractivity contribution in [1.29, 1.82) is 0 Å². The van der Waals surface area contributed by atoms with Crippen molar-refractivity contribution in [3.8, 4) is 0 Å². The Morgan fingerprint density at radius 1 is 1.24 bits per heavy atom. The Labute approximate surface area is 128 Å². The van der Waals surface area contributed by atoms with Gasteiger partial charge in [0.15, 0.2) is 0 Å². The van der Waals surface area contributed by atoms with E-state index in [1.54, 1.807) is 12.1 Å². The number of nitro groups is 1. The van der Waals surface area contributed by atoms with Crippen LogP contribution in [0.25, 0.3) is 0 Å². The van der Waals surface area contributed by atoms with Gasteiger partial charge in [0, 0.05) is 37.3 Å². The maximum atomic E-state index is 11.1. The normalized spacial score (nSPS) is 10.2. The predicted molar refractivity (Wildman–Crippen MR) is 86.2 cm³/mol. The predicted octanol–water partition coefficient (Wildman–Crippen LogP) is 3.93. The summed E-state index contributed by atoms with van der Waals surface area (Å²) in [7, 11) is 3.90. The molecular weight excluding hydrogens is 290 g/mol. The minimum Gasteiger partial charge on any atom is -0.379 e. The van der Waals surface area contributed by atoms with E-state index in [0.717, 1.165) is 11.4 Å². The molecule has 2 rings (SSSR count). The van der Waals surface area contributed by atoms with Crippen molar-refractivity contribution in [3.05, 3.63) is 63.2 Å². The van der Waals surface area contributed by atoms with Gasteiger partial charge in [0.1, 0.15) is 0 Å². The lowest BCUT2D eigenvalue weighted by molar-refractivity contribution is -0.385. The summed E-state index contributed by atoms with van der Waals surface area (Å²) >= 11 is 5.81. The summed E-state index contributed by atoms with van der Waals surface area (Å²) in [6.45, 7) is 0.359. The van der Waals surface area contributed by atoms with Gasteiger partial charge >= 0.3 is 0 Å². The summed E-state index contributed by atoms with van der Waals surface area (Å²) in [5, 5.41) is 14.7. The number of hydrogen-bond acceptors (Lipinski definition) is 4. The molecule has 2 aromatic carbocycles. The molecule has 1 N–H and O–H groups in total. The molecule has 110 valence electrons. The minimum absolute atomic E-state index is 0.0253. The molecule has 0 amide bonds. The van der Waals surface area contributed by atoms with Crippen molar-refractivity contribution in [2.45, 2.75) is 6.54 Å². The van der Waals surface area contributed by atoms with Crippen LogP contribution in [-0.2, 0) is 6.54 Å². The van der Waals surface area contributed by atoms with Crippen molar-refractivity contribution < 1.29 is 4.92 Å². The van der Waals surface area contributed by atoms with E-state index >= 15 is 0 Å². The monoisotopic (exact) mass is 305 g/mol. The quantitative estimate of drug-likeness (QED) is 0.672. The number of nitrogens with one attached hydrogen (secondary N) is 1. The van der Waals surface area contributed by atoms with Crippen LogP contribution in [-0.4, -0.2) is 19.0 Å². The van der Waals surface area contributed by atoms with Crippen molar-refractivity contribution >= 4 is 28.7 Å². The average molecular weight is 306 g/mol. The van der Waals surface area contributed by atoms with Crippen LogP contribution in [0.15, 0.2) is 42.5 Å². The van der Waals surface area contributed by atoms with Crippen LogP contribution in [0.4, 0.5) is 17.1 Å². The van der Waals surface area contributed by atoms with Gasteiger partial charge in [-0.25, -0.2) is 0 Å². The molecular formula is C15H16ClN3O2. The average Bonchev–Trinajstić information content (AvgIpc) is 2.46. The summed E-state index contributed by atoms with van der Waals surface area (Å²) in [5.74, 6) is 0. The minimum atomic E-state index is -0.416. The zero-order chi connectivity index (χ0) is 15.4. The molecule has 0 saturated heterocycles. The zero-order valence-electron chi connectivity index (χ0n) is 11.8. The molecule has 5 nitrogen and oxygen atoms in total. The molecule has 0 aliphatic carbocycles. The number of nitro benzene ring substituents is 1. The van der Waals surface area contributed by atoms with E-state index < -0.39 is 4.92 Å². The number of benzene rings is 2. The molecule has 0 bridgehead atoms. The van der Waals surface area contributed by atoms with E-state index in [4.69, 9.17) is 11.6 Å². The molecule has 0 radical (unpaired) electrons. The molecule has 21 heavy (non-hydrogen) atoms. The van der Waals surface area contributed by atoms with Crippen LogP contribution in [0.5, 0.6) is 0 Å². The highest BCUT2D eigenvalue weighted by atomic mass is 35.5. The van der Waals surface area contributed by atoms with Crippen LogP contribution in [0, 0.1) is 10.1 Å². The topological polar surface area (TPSA) is 58.4 Å². The lowest BCUT2D eigenvalue weighted by Gasteiger charge is -2.18. The van der Waals surface area contributed by atoms with Crippen LogP contribution in [0.1, 0.15) is 5.56 Å². The van der Waals surface area contributed by atoms with E-state index in [-0.39, 0.29) is 5.69 Å². The standard InChI is InChI=1S/C15H16ClN3O2/c1-18(2)14-6-4-3-5-13(14)17-10-11-7-8-12(16)9-15(11)19(20)21/h3-9,17H,10H2,1-2H3. The smallest absolute Gasteiger partial charge is 0.275 e. The third kappa shape index (κ3) is 3.64. The number of halogens is 1. The fourth-order valence-electron chi connectivity index (χ4n) is 2.06. The van der Waals surface area contributed by atoms with Gasteiger partial charge in [-0.15, -0.1) is 0 Å². The van der Waals surface area contributed by atoms with Gasteiger partial charge < -0.3 is 10.2 Å². The molecule has 6 heteroatoms. The second-order valence-corrected chi connectivity index (χ2v) is 5.23. The fraction of sp³-hybridized carbons (Fsp3) is 0.200. The molecule has 0 fully saturated rings. The fourth-order valence-corrected chi connectivity index (χ4v) is 2.23. The molecule has 0 unspecified atom stereocenters. The Bertz CT molecular complexity index is 659. The summed E-state index contributed by atoms with van der Waals surface area (Å²) in [6.07, 6.45) is 0. The number of nitrogens with zero attached hydrogens (tertiary/aromatic N) is 2. The number of anilines is 2. The van der Waals surface area contributed by atoms with Gasteiger partial charge in [-0.2, -0.15) is 0 Å². The van der Waals surface area contributed by atoms with Crippen molar-refractivity contribution in [3.63, 3.8) is 0 Å². The Balaban J connectivity index is 2.23. The molecule has 0 atom stereocenters. The van der Waals surface area contributed by atoms with E-state index in [0.29, 0.717) is 17.1 Å². The first kappa shape index (κ1) is 15.1. The highest BCUT2D eigenvalue weighted by Gasteiger charge is 2.14. The van der Waals surface area contributed by atoms with E-state index in [1.807, 2.05) is 43.3 Å². The summed E-state index contributed by atoms with van der Waals surface area (Å²) in [4.78, 5) is 12.6. The van der Waals surface area contributed by atoms with Gasteiger partial charge in [0.25, 0.3) is 5.69 Å². The SMILES string of the molecule is CN(C)c1ccccc1NCc1ccc(Cl)cc1[N+](=O)[O-]. The Morgan fingerprint density at radius 2 is 1.95 bits per heavy atom. The van der Waals surface area contributed by atoms with E-state index in [9.17, 15) is 10.1 Å². The second-order valence-electron chi connectivity index (χ2n) is 4.80. The van der Waals surface area contributed by atoms with Crippen LogP contribution in [0.3, 0.4) is 0 Å². The highest BCUT2D eigenvalue weighted by Crippen LogP contribution is 2.27.